The predicted octanol–water partition coefficient (Wildman–Crippen LogP) is 4.26. The molecule has 0 saturated carbocycles. The molecule has 1 nitrogen and oxygen atoms in total. The van der Waals surface area contributed by atoms with Gasteiger partial charge in [0.25, 0.3) is 0 Å². The molecule has 2 aromatic rings. The third-order valence-electron chi connectivity index (χ3n) is 3.62. The molecule has 0 saturated heterocycles. The van der Waals surface area contributed by atoms with Crippen LogP contribution >= 0.6 is 15.9 Å². The van der Waals surface area contributed by atoms with E-state index in [0.29, 0.717) is 13.0 Å². The standard InChI is InChI=1S/C17H19BrFN/c1-12-4-2-3-5-14(12)8-13(11-20)9-15-10-16(18)6-7-17(15)19/h2-7,10,13H,8-9,11,20H2,1H3. The van der Waals surface area contributed by atoms with Gasteiger partial charge < -0.3 is 5.73 Å². The molecule has 106 valence electrons. The fraction of sp³-hybridized carbons (Fsp3) is 0.294. The molecule has 0 amide bonds. The van der Waals surface area contributed by atoms with E-state index in [-0.39, 0.29) is 11.7 Å². The summed E-state index contributed by atoms with van der Waals surface area (Å²) in [5, 5.41) is 0. The van der Waals surface area contributed by atoms with E-state index >= 15 is 0 Å². The van der Waals surface area contributed by atoms with Crippen molar-refractivity contribution in [3.63, 3.8) is 0 Å². The first-order valence-electron chi connectivity index (χ1n) is 6.78. The van der Waals surface area contributed by atoms with E-state index in [1.54, 1.807) is 6.07 Å². The molecule has 0 aliphatic rings. The number of rotatable bonds is 5. The minimum atomic E-state index is -0.156. The molecule has 0 bridgehead atoms. The van der Waals surface area contributed by atoms with Gasteiger partial charge in [-0.15, -0.1) is 0 Å². The lowest BCUT2D eigenvalue weighted by Crippen LogP contribution is -2.20. The number of hydrogen-bond donors (Lipinski definition) is 1. The Bertz CT molecular complexity index is 583. The maximum Gasteiger partial charge on any atom is 0.126 e. The molecule has 20 heavy (non-hydrogen) atoms. The highest BCUT2D eigenvalue weighted by Crippen LogP contribution is 2.21. The summed E-state index contributed by atoms with van der Waals surface area (Å²) in [6, 6.07) is 13.4. The average Bonchev–Trinajstić information content (AvgIpc) is 2.44. The molecule has 0 aromatic heterocycles. The van der Waals surface area contributed by atoms with Crippen LogP contribution in [0.1, 0.15) is 16.7 Å². The van der Waals surface area contributed by atoms with Crippen molar-refractivity contribution in [2.24, 2.45) is 11.7 Å². The van der Waals surface area contributed by atoms with Crippen molar-refractivity contribution in [1.29, 1.82) is 0 Å². The molecule has 1 atom stereocenters. The fourth-order valence-corrected chi connectivity index (χ4v) is 2.81. The highest BCUT2D eigenvalue weighted by Gasteiger charge is 2.13. The smallest absolute Gasteiger partial charge is 0.126 e. The zero-order valence-corrected chi connectivity index (χ0v) is 13.2. The van der Waals surface area contributed by atoms with E-state index in [0.717, 1.165) is 16.5 Å². The number of aryl methyl sites for hydroxylation is 1. The molecule has 0 spiro atoms. The topological polar surface area (TPSA) is 26.0 Å². The Hall–Kier alpha value is -1.19. The van der Waals surface area contributed by atoms with Crippen LogP contribution in [0.25, 0.3) is 0 Å². The third kappa shape index (κ3) is 3.90. The molecular formula is C17H19BrFN. The molecule has 1 unspecified atom stereocenters. The second kappa shape index (κ2) is 7.00. The molecule has 0 radical (unpaired) electrons. The molecular weight excluding hydrogens is 317 g/mol. The maximum atomic E-state index is 13.8. The Labute approximate surface area is 128 Å². The van der Waals surface area contributed by atoms with Gasteiger partial charge in [-0.25, -0.2) is 4.39 Å². The number of nitrogens with two attached hydrogens (primary N) is 1. The summed E-state index contributed by atoms with van der Waals surface area (Å²) in [6.45, 7) is 2.66. The summed E-state index contributed by atoms with van der Waals surface area (Å²) in [7, 11) is 0. The Kier molecular flexibility index (Phi) is 5.32. The summed E-state index contributed by atoms with van der Waals surface area (Å²) in [5.41, 5.74) is 9.15. The Morgan fingerprint density at radius 1 is 1.10 bits per heavy atom. The SMILES string of the molecule is Cc1ccccc1CC(CN)Cc1cc(Br)ccc1F. The lowest BCUT2D eigenvalue weighted by atomic mass is 9.91. The molecule has 0 heterocycles. The van der Waals surface area contributed by atoms with Crippen LogP contribution in [0.4, 0.5) is 4.39 Å². The molecule has 0 fully saturated rings. The average molecular weight is 336 g/mol. The van der Waals surface area contributed by atoms with Crippen LogP contribution < -0.4 is 5.73 Å². The van der Waals surface area contributed by atoms with Crippen molar-refractivity contribution < 1.29 is 4.39 Å². The van der Waals surface area contributed by atoms with Crippen LogP contribution in [-0.4, -0.2) is 6.54 Å². The molecule has 2 rings (SSSR count). The summed E-state index contributed by atoms with van der Waals surface area (Å²) >= 11 is 3.39. The first-order valence-corrected chi connectivity index (χ1v) is 7.58. The minimum Gasteiger partial charge on any atom is -0.330 e. The van der Waals surface area contributed by atoms with Crippen molar-refractivity contribution in [2.75, 3.05) is 6.54 Å². The van der Waals surface area contributed by atoms with E-state index < -0.39 is 0 Å². The molecule has 0 aliphatic heterocycles. The first-order chi connectivity index (χ1) is 9.60. The summed E-state index contributed by atoms with van der Waals surface area (Å²) < 4.78 is 14.7. The van der Waals surface area contributed by atoms with Crippen LogP contribution in [0.15, 0.2) is 46.9 Å². The van der Waals surface area contributed by atoms with E-state index in [2.05, 4.69) is 35.0 Å². The molecule has 0 aliphatic carbocycles. The van der Waals surface area contributed by atoms with Crippen LogP contribution in [-0.2, 0) is 12.8 Å². The van der Waals surface area contributed by atoms with Gasteiger partial charge >= 0.3 is 0 Å². The van der Waals surface area contributed by atoms with Crippen LogP contribution in [0.5, 0.6) is 0 Å². The van der Waals surface area contributed by atoms with E-state index in [4.69, 9.17) is 5.73 Å². The largest absolute Gasteiger partial charge is 0.330 e. The van der Waals surface area contributed by atoms with Gasteiger partial charge in [-0.3, -0.25) is 0 Å². The second-order valence-electron chi connectivity index (χ2n) is 5.17. The highest BCUT2D eigenvalue weighted by atomic mass is 79.9. The van der Waals surface area contributed by atoms with E-state index in [9.17, 15) is 4.39 Å². The van der Waals surface area contributed by atoms with Gasteiger partial charge in [-0.05, 0) is 67.1 Å². The van der Waals surface area contributed by atoms with E-state index in [1.165, 1.54) is 17.2 Å². The summed E-state index contributed by atoms with van der Waals surface area (Å²) in [5.74, 6) is 0.0938. The van der Waals surface area contributed by atoms with Crippen molar-refractivity contribution in [3.05, 3.63) is 69.4 Å². The van der Waals surface area contributed by atoms with Crippen LogP contribution in [0.2, 0.25) is 0 Å². The lowest BCUT2D eigenvalue weighted by Gasteiger charge is -2.17. The predicted molar refractivity (Wildman–Crippen MR) is 85.2 cm³/mol. The van der Waals surface area contributed by atoms with Crippen LogP contribution in [0, 0.1) is 18.7 Å². The summed E-state index contributed by atoms with van der Waals surface area (Å²) in [6.07, 6.45) is 1.55. The van der Waals surface area contributed by atoms with Crippen molar-refractivity contribution in [2.45, 2.75) is 19.8 Å². The zero-order valence-electron chi connectivity index (χ0n) is 11.6. The van der Waals surface area contributed by atoms with Gasteiger partial charge in [-0.2, -0.15) is 0 Å². The fourth-order valence-electron chi connectivity index (χ4n) is 2.40. The monoisotopic (exact) mass is 335 g/mol. The number of halogens is 2. The van der Waals surface area contributed by atoms with Crippen molar-refractivity contribution >= 4 is 15.9 Å². The van der Waals surface area contributed by atoms with Gasteiger partial charge in [0, 0.05) is 4.47 Å². The quantitative estimate of drug-likeness (QED) is 0.868. The maximum absolute atomic E-state index is 13.8. The third-order valence-corrected chi connectivity index (χ3v) is 4.11. The number of benzene rings is 2. The normalized spacial score (nSPS) is 12.4. The molecule has 2 aromatic carbocycles. The van der Waals surface area contributed by atoms with Gasteiger partial charge in [0.05, 0.1) is 0 Å². The molecule has 2 N–H and O–H groups in total. The first kappa shape index (κ1) is 15.2. The van der Waals surface area contributed by atoms with Crippen molar-refractivity contribution in [1.82, 2.24) is 0 Å². The second-order valence-corrected chi connectivity index (χ2v) is 6.09. The van der Waals surface area contributed by atoms with E-state index in [1.807, 2.05) is 18.2 Å². The Balaban J connectivity index is 2.13. The lowest BCUT2D eigenvalue weighted by molar-refractivity contribution is 0.511. The van der Waals surface area contributed by atoms with Crippen molar-refractivity contribution in [3.8, 4) is 0 Å². The van der Waals surface area contributed by atoms with Crippen LogP contribution in [0.3, 0.4) is 0 Å². The summed E-state index contributed by atoms with van der Waals surface area (Å²) in [4.78, 5) is 0. The van der Waals surface area contributed by atoms with Gasteiger partial charge in [0.2, 0.25) is 0 Å². The zero-order chi connectivity index (χ0) is 14.5. The van der Waals surface area contributed by atoms with Gasteiger partial charge in [-0.1, -0.05) is 40.2 Å². The Morgan fingerprint density at radius 2 is 1.80 bits per heavy atom. The highest BCUT2D eigenvalue weighted by molar-refractivity contribution is 9.10. The van der Waals surface area contributed by atoms with Gasteiger partial charge in [0.1, 0.15) is 5.82 Å². The van der Waals surface area contributed by atoms with Gasteiger partial charge in [0.15, 0.2) is 0 Å². The number of hydrogen-bond acceptors (Lipinski definition) is 1. The minimum absolute atomic E-state index is 0.156. The molecule has 3 heteroatoms. The Morgan fingerprint density at radius 3 is 2.50 bits per heavy atom.